The van der Waals surface area contributed by atoms with Crippen LogP contribution in [0.1, 0.15) is 34.3 Å². The van der Waals surface area contributed by atoms with E-state index in [9.17, 15) is 14.7 Å². The van der Waals surface area contributed by atoms with E-state index in [1.165, 1.54) is 23.3 Å². The van der Waals surface area contributed by atoms with Crippen LogP contribution in [-0.2, 0) is 9.59 Å². The monoisotopic (exact) mass is 474 g/mol. The van der Waals surface area contributed by atoms with Crippen LogP contribution in [0.25, 0.3) is 16.0 Å². The molecule has 0 saturated carbocycles. The SMILES string of the molecule is COc1cccc(/C(O)=C2\C(=O)C(=O)N(c3nc4c(C)cc(C)cc4s3)[C@H]2c2ccc(C)o2)c1. The number of anilines is 1. The summed E-state index contributed by atoms with van der Waals surface area (Å²) in [7, 11) is 1.51. The number of aliphatic hydroxyl groups excluding tert-OH is 1. The molecule has 4 aromatic rings. The summed E-state index contributed by atoms with van der Waals surface area (Å²) in [4.78, 5) is 32.6. The molecule has 0 radical (unpaired) electrons. The van der Waals surface area contributed by atoms with E-state index in [0.717, 1.165) is 21.3 Å². The predicted octanol–water partition coefficient (Wildman–Crippen LogP) is 5.45. The second kappa shape index (κ2) is 8.14. The Labute approximate surface area is 199 Å². The molecule has 0 aliphatic carbocycles. The van der Waals surface area contributed by atoms with Gasteiger partial charge in [-0.25, -0.2) is 4.98 Å². The van der Waals surface area contributed by atoms with Crippen molar-refractivity contribution < 1.29 is 23.8 Å². The molecule has 1 aliphatic rings. The number of ether oxygens (including phenoxy) is 1. The minimum atomic E-state index is -0.957. The topological polar surface area (TPSA) is 92.9 Å². The molecule has 2 aromatic carbocycles. The minimum absolute atomic E-state index is 0.0558. The standard InChI is InChI=1S/C26H22N2O5S/c1-13-10-14(2)21-19(11-13)34-26(27-21)28-22(18-9-8-15(3)33-18)20(24(30)25(28)31)23(29)16-6-5-7-17(12-16)32-4/h5-12,22,29H,1-4H3/b23-20+/t22-/m0/s1. The van der Waals surface area contributed by atoms with Crippen molar-refractivity contribution in [2.45, 2.75) is 26.8 Å². The van der Waals surface area contributed by atoms with Crippen molar-refractivity contribution in [3.63, 3.8) is 0 Å². The fourth-order valence-corrected chi connectivity index (χ4v) is 5.46. The van der Waals surface area contributed by atoms with Gasteiger partial charge in [0.05, 0.1) is 22.9 Å². The highest BCUT2D eigenvalue weighted by Crippen LogP contribution is 2.45. The molecule has 8 heteroatoms. The summed E-state index contributed by atoms with van der Waals surface area (Å²) >= 11 is 1.33. The molecule has 0 bridgehead atoms. The first-order valence-corrected chi connectivity index (χ1v) is 11.5. The Kier molecular flexibility index (Phi) is 5.25. The van der Waals surface area contributed by atoms with Gasteiger partial charge in [0.1, 0.15) is 29.1 Å². The van der Waals surface area contributed by atoms with Gasteiger partial charge >= 0.3 is 5.91 Å². The Hall–Kier alpha value is -3.91. The van der Waals surface area contributed by atoms with Crippen LogP contribution in [0.2, 0.25) is 0 Å². The molecule has 1 N–H and O–H groups in total. The smallest absolute Gasteiger partial charge is 0.302 e. The Morgan fingerprint density at radius 1 is 1.12 bits per heavy atom. The van der Waals surface area contributed by atoms with Crippen molar-refractivity contribution in [1.82, 2.24) is 4.98 Å². The van der Waals surface area contributed by atoms with E-state index in [0.29, 0.717) is 28.0 Å². The highest BCUT2D eigenvalue weighted by Gasteiger charge is 2.49. The van der Waals surface area contributed by atoms with Gasteiger partial charge in [0.25, 0.3) is 5.78 Å². The summed E-state index contributed by atoms with van der Waals surface area (Å²) in [6, 6.07) is 13.2. The highest BCUT2D eigenvalue weighted by atomic mass is 32.1. The fourth-order valence-electron chi connectivity index (χ4n) is 4.29. The molecule has 1 amide bonds. The largest absolute Gasteiger partial charge is 0.507 e. The number of nitrogens with zero attached hydrogens (tertiary/aromatic N) is 2. The maximum absolute atomic E-state index is 13.3. The molecular weight excluding hydrogens is 452 g/mol. The van der Waals surface area contributed by atoms with E-state index in [1.54, 1.807) is 43.3 Å². The third kappa shape index (κ3) is 3.47. The van der Waals surface area contributed by atoms with Gasteiger partial charge in [0.2, 0.25) is 0 Å². The van der Waals surface area contributed by atoms with Gasteiger partial charge in [-0.05, 0) is 62.2 Å². The lowest BCUT2D eigenvalue weighted by molar-refractivity contribution is -0.132. The molecule has 7 nitrogen and oxygen atoms in total. The number of rotatable bonds is 4. The third-order valence-electron chi connectivity index (χ3n) is 5.84. The zero-order valence-corrected chi connectivity index (χ0v) is 19.9. The van der Waals surface area contributed by atoms with Gasteiger partial charge in [-0.2, -0.15) is 0 Å². The fraction of sp³-hybridized carbons (Fsp3) is 0.192. The van der Waals surface area contributed by atoms with E-state index in [-0.39, 0.29) is 11.3 Å². The van der Waals surface area contributed by atoms with Crippen molar-refractivity contribution in [2.24, 2.45) is 0 Å². The summed E-state index contributed by atoms with van der Waals surface area (Å²) in [5, 5.41) is 11.6. The van der Waals surface area contributed by atoms with Crippen molar-refractivity contribution >= 4 is 44.1 Å². The number of methoxy groups -OCH3 is 1. The van der Waals surface area contributed by atoms with Crippen LogP contribution in [0.5, 0.6) is 5.75 Å². The summed E-state index contributed by atoms with van der Waals surface area (Å²) in [6.07, 6.45) is 0. The number of furan rings is 1. The molecule has 172 valence electrons. The first-order valence-electron chi connectivity index (χ1n) is 10.7. The molecule has 0 spiro atoms. The molecule has 1 fully saturated rings. The van der Waals surface area contributed by atoms with E-state index < -0.39 is 17.7 Å². The van der Waals surface area contributed by atoms with Crippen molar-refractivity contribution in [3.05, 3.63) is 82.3 Å². The number of hydrogen-bond donors (Lipinski definition) is 1. The second-order valence-corrected chi connectivity index (χ2v) is 9.28. The van der Waals surface area contributed by atoms with E-state index in [4.69, 9.17) is 14.1 Å². The zero-order valence-electron chi connectivity index (χ0n) is 19.1. The lowest BCUT2D eigenvalue weighted by Crippen LogP contribution is -2.29. The van der Waals surface area contributed by atoms with Crippen LogP contribution in [0, 0.1) is 20.8 Å². The first-order chi connectivity index (χ1) is 16.3. The van der Waals surface area contributed by atoms with Gasteiger partial charge in [0, 0.05) is 5.56 Å². The molecule has 0 unspecified atom stereocenters. The normalized spacial score (nSPS) is 17.6. The number of benzene rings is 2. The Balaban J connectivity index is 1.73. The number of ketones is 1. The lowest BCUT2D eigenvalue weighted by atomic mass is 9.99. The summed E-state index contributed by atoms with van der Waals surface area (Å²) in [6.45, 7) is 5.74. The Morgan fingerprint density at radius 2 is 1.91 bits per heavy atom. The third-order valence-corrected chi connectivity index (χ3v) is 6.84. The predicted molar refractivity (Wildman–Crippen MR) is 130 cm³/mol. The number of aryl methyl sites for hydroxylation is 3. The zero-order chi connectivity index (χ0) is 24.1. The Bertz CT molecular complexity index is 1500. The molecule has 2 aromatic heterocycles. The number of carbonyl (C=O) groups is 2. The number of aromatic nitrogens is 1. The molecule has 5 rings (SSSR count). The number of Topliss-reactive ketones (excluding diaryl/α,β-unsaturated/α-hetero) is 1. The van der Waals surface area contributed by atoms with Crippen molar-refractivity contribution in [1.29, 1.82) is 0 Å². The van der Waals surface area contributed by atoms with E-state index >= 15 is 0 Å². The van der Waals surface area contributed by atoms with Crippen LogP contribution in [0.3, 0.4) is 0 Å². The van der Waals surface area contributed by atoms with Crippen LogP contribution < -0.4 is 9.64 Å². The summed E-state index contributed by atoms with van der Waals surface area (Å²) in [5.74, 6) is -0.359. The molecule has 1 atom stereocenters. The van der Waals surface area contributed by atoms with Gasteiger partial charge in [-0.15, -0.1) is 0 Å². The van der Waals surface area contributed by atoms with E-state index in [1.807, 2.05) is 26.0 Å². The number of thiazole rings is 1. The summed E-state index contributed by atoms with van der Waals surface area (Å²) < 4.78 is 12.0. The molecule has 1 aliphatic heterocycles. The average molecular weight is 475 g/mol. The number of aliphatic hydroxyl groups is 1. The summed E-state index contributed by atoms with van der Waals surface area (Å²) in [5.41, 5.74) is 3.14. The maximum Gasteiger partial charge on any atom is 0.302 e. The minimum Gasteiger partial charge on any atom is -0.507 e. The van der Waals surface area contributed by atoms with Crippen molar-refractivity contribution in [3.8, 4) is 5.75 Å². The molecule has 34 heavy (non-hydrogen) atoms. The highest BCUT2D eigenvalue weighted by molar-refractivity contribution is 7.22. The second-order valence-electron chi connectivity index (χ2n) is 8.27. The van der Waals surface area contributed by atoms with Gasteiger partial charge in [-0.1, -0.05) is 29.5 Å². The maximum atomic E-state index is 13.3. The number of carbonyl (C=O) groups excluding carboxylic acids is 2. The number of amides is 1. The van der Waals surface area contributed by atoms with Gasteiger partial charge in [0.15, 0.2) is 5.13 Å². The van der Waals surface area contributed by atoms with Crippen LogP contribution >= 0.6 is 11.3 Å². The first kappa shape index (κ1) is 21.9. The quantitative estimate of drug-likeness (QED) is 0.240. The molecular formula is C26H22N2O5S. The average Bonchev–Trinajstić information content (AvgIpc) is 3.50. The van der Waals surface area contributed by atoms with Gasteiger partial charge < -0.3 is 14.3 Å². The Morgan fingerprint density at radius 3 is 2.62 bits per heavy atom. The van der Waals surface area contributed by atoms with Crippen molar-refractivity contribution in [2.75, 3.05) is 12.0 Å². The van der Waals surface area contributed by atoms with Crippen LogP contribution in [0.15, 0.2) is 58.5 Å². The molecule has 3 heterocycles. The van der Waals surface area contributed by atoms with E-state index in [2.05, 4.69) is 0 Å². The number of fused-ring (bicyclic) bond motifs is 1. The van der Waals surface area contributed by atoms with Gasteiger partial charge in [-0.3, -0.25) is 14.5 Å². The van der Waals surface area contributed by atoms with Crippen LogP contribution in [-0.4, -0.2) is 28.9 Å². The lowest BCUT2D eigenvalue weighted by Gasteiger charge is -2.20. The number of hydrogen-bond acceptors (Lipinski definition) is 7. The van der Waals surface area contributed by atoms with Crippen LogP contribution in [0.4, 0.5) is 5.13 Å². The molecule has 1 saturated heterocycles.